The molecular formula is C16H25N3O. The maximum absolute atomic E-state index is 12.8. The standard InChI is InChI=1S/C16H25N3O/c1-12-7-8-15(13(2)18-12)16(20)19-11-5-4-6-14(19)9-10-17-3/h7-8,14,17H,4-6,9-11H2,1-3H3. The highest BCUT2D eigenvalue weighted by Gasteiger charge is 2.27. The molecule has 1 aromatic rings. The van der Waals surface area contributed by atoms with Crippen molar-refractivity contribution in [1.82, 2.24) is 15.2 Å². The van der Waals surface area contributed by atoms with Gasteiger partial charge in [0.1, 0.15) is 0 Å². The number of hydrogen-bond donors (Lipinski definition) is 1. The van der Waals surface area contributed by atoms with Crippen molar-refractivity contribution in [2.24, 2.45) is 0 Å². The van der Waals surface area contributed by atoms with Gasteiger partial charge in [0.15, 0.2) is 0 Å². The van der Waals surface area contributed by atoms with Crippen molar-refractivity contribution in [1.29, 1.82) is 0 Å². The van der Waals surface area contributed by atoms with E-state index in [1.807, 2.05) is 33.0 Å². The van der Waals surface area contributed by atoms with Crippen molar-refractivity contribution < 1.29 is 4.79 Å². The van der Waals surface area contributed by atoms with Gasteiger partial charge in [-0.15, -0.1) is 0 Å². The molecule has 1 N–H and O–H groups in total. The van der Waals surface area contributed by atoms with Crippen molar-refractivity contribution >= 4 is 5.91 Å². The van der Waals surface area contributed by atoms with Crippen molar-refractivity contribution in [3.63, 3.8) is 0 Å². The molecule has 1 saturated heterocycles. The molecule has 4 heteroatoms. The van der Waals surface area contributed by atoms with E-state index in [4.69, 9.17) is 0 Å². The van der Waals surface area contributed by atoms with E-state index >= 15 is 0 Å². The van der Waals surface area contributed by atoms with Crippen LogP contribution < -0.4 is 5.32 Å². The Morgan fingerprint density at radius 3 is 2.90 bits per heavy atom. The van der Waals surface area contributed by atoms with E-state index in [1.54, 1.807) is 0 Å². The topological polar surface area (TPSA) is 45.2 Å². The summed E-state index contributed by atoms with van der Waals surface area (Å²) >= 11 is 0. The van der Waals surface area contributed by atoms with E-state index < -0.39 is 0 Å². The molecule has 110 valence electrons. The van der Waals surface area contributed by atoms with E-state index in [9.17, 15) is 4.79 Å². The maximum atomic E-state index is 12.8. The average molecular weight is 275 g/mol. The molecule has 0 bridgehead atoms. The van der Waals surface area contributed by atoms with Crippen LogP contribution in [0.15, 0.2) is 12.1 Å². The number of hydrogen-bond acceptors (Lipinski definition) is 3. The summed E-state index contributed by atoms with van der Waals surface area (Å²) in [5.74, 6) is 0.149. The van der Waals surface area contributed by atoms with Gasteiger partial charge in [0.05, 0.1) is 11.3 Å². The van der Waals surface area contributed by atoms with Crippen LogP contribution >= 0.6 is 0 Å². The first-order chi connectivity index (χ1) is 9.63. The van der Waals surface area contributed by atoms with Crippen LogP contribution in [0.25, 0.3) is 0 Å². The Balaban J connectivity index is 2.16. The van der Waals surface area contributed by atoms with Gasteiger partial charge in [0, 0.05) is 18.3 Å². The highest BCUT2D eigenvalue weighted by atomic mass is 16.2. The predicted molar refractivity (Wildman–Crippen MR) is 80.9 cm³/mol. The van der Waals surface area contributed by atoms with Gasteiger partial charge in [-0.05, 0) is 65.3 Å². The minimum absolute atomic E-state index is 0.149. The molecular weight excluding hydrogens is 250 g/mol. The molecule has 0 spiro atoms. The van der Waals surface area contributed by atoms with E-state index in [0.29, 0.717) is 6.04 Å². The lowest BCUT2D eigenvalue weighted by Crippen LogP contribution is -2.45. The van der Waals surface area contributed by atoms with Gasteiger partial charge in [0.25, 0.3) is 5.91 Å². The average Bonchev–Trinajstić information content (AvgIpc) is 2.45. The summed E-state index contributed by atoms with van der Waals surface area (Å²) in [6.07, 6.45) is 4.48. The van der Waals surface area contributed by atoms with Gasteiger partial charge in [-0.1, -0.05) is 0 Å². The van der Waals surface area contributed by atoms with E-state index in [-0.39, 0.29) is 5.91 Å². The fourth-order valence-electron chi connectivity index (χ4n) is 2.95. The smallest absolute Gasteiger partial charge is 0.255 e. The van der Waals surface area contributed by atoms with E-state index in [0.717, 1.165) is 49.3 Å². The molecule has 1 aliphatic heterocycles. The fourth-order valence-corrected chi connectivity index (χ4v) is 2.95. The van der Waals surface area contributed by atoms with Gasteiger partial charge in [0.2, 0.25) is 0 Å². The molecule has 0 saturated carbocycles. The van der Waals surface area contributed by atoms with E-state index in [2.05, 4.69) is 15.2 Å². The lowest BCUT2D eigenvalue weighted by molar-refractivity contribution is 0.0601. The third kappa shape index (κ3) is 3.37. The Hall–Kier alpha value is -1.42. The van der Waals surface area contributed by atoms with Crippen LogP contribution in [0, 0.1) is 13.8 Å². The summed E-state index contributed by atoms with van der Waals surface area (Å²) in [6.45, 7) is 5.71. The first kappa shape index (κ1) is 15.0. The molecule has 20 heavy (non-hydrogen) atoms. The summed E-state index contributed by atoms with van der Waals surface area (Å²) in [5, 5.41) is 3.18. The lowest BCUT2D eigenvalue weighted by atomic mass is 9.98. The van der Waals surface area contributed by atoms with Crippen LogP contribution in [0.1, 0.15) is 47.4 Å². The third-order valence-corrected chi connectivity index (χ3v) is 4.07. The molecule has 1 unspecified atom stereocenters. The van der Waals surface area contributed by atoms with Crippen LogP contribution in [0.2, 0.25) is 0 Å². The Morgan fingerprint density at radius 2 is 2.20 bits per heavy atom. The summed E-state index contributed by atoms with van der Waals surface area (Å²) in [6, 6.07) is 4.21. The lowest BCUT2D eigenvalue weighted by Gasteiger charge is -2.36. The van der Waals surface area contributed by atoms with Gasteiger partial charge < -0.3 is 10.2 Å². The zero-order chi connectivity index (χ0) is 14.5. The third-order valence-electron chi connectivity index (χ3n) is 4.07. The van der Waals surface area contributed by atoms with Gasteiger partial charge in [-0.25, -0.2) is 0 Å². The molecule has 2 heterocycles. The predicted octanol–water partition coefficient (Wildman–Crippen LogP) is 2.30. The van der Waals surface area contributed by atoms with Crippen LogP contribution in [0.3, 0.4) is 0 Å². The molecule has 0 radical (unpaired) electrons. The second-order valence-corrected chi connectivity index (χ2v) is 5.63. The monoisotopic (exact) mass is 275 g/mol. The number of rotatable bonds is 4. The number of amides is 1. The van der Waals surface area contributed by atoms with Crippen molar-refractivity contribution in [3.05, 3.63) is 29.1 Å². The summed E-state index contributed by atoms with van der Waals surface area (Å²) in [5.41, 5.74) is 2.56. The molecule has 1 atom stereocenters. The second kappa shape index (κ2) is 6.84. The Morgan fingerprint density at radius 1 is 1.40 bits per heavy atom. The zero-order valence-corrected chi connectivity index (χ0v) is 12.8. The van der Waals surface area contributed by atoms with Crippen molar-refractivity contribution in [2.45, 2.75) is 45.6 Å². The minimum atomic E-state index is 0.149. The first-order valence-corrected chi connectivity index (χ1v) is 7.53. The normalized spacial score (nSPS) is 19.1. The Labute approximate surface area is 121 Å². The molecule has 2 rings (SSSR count). The molecule has 1 aliphatic rings. The quantitative estimate of drug-likeness (QED) is 0.917. The number of pyridine rings is 1. The van der Waals surface area contributed by atoms with Crippen LogP contribution in [0.4, 0.5) is 0 Å². The minimum Gasteiger partial charge on any atom is -0.336 e. The second-order valence-electron chi connectivity index (χ2n) is 5.63. The highest BCUT2D eigenvalue weighted by Crippen LogP contribution is 2.22. The fraction of sp³-hybridized carbons (Fsp3) is 0.625. The van der Waals surface area contributed by atoms with Crippen LogP contribution in [-0.2, 0) is 0 Å². The number of carbonyl (C=O) groups excluding carboxylic acids is 1. The summed E-state index contributed by atoms with van der Waals surface area (Å²) in [7, 11) is 1.96. The number of likely N-dealkylation sites (tertiary alicyclic amines) is 1. The molecule has 1 aromatic heterocycles. The van der Waals surface area contributed by atoms with Crippen molar-refractivity contribution in [2.75, 3.05) is 20.1 Å². The number of piperidine rings is 1. The zero-order valence-electron chi connectivity index (χ0n) is 12.8. The molecule has 0 aliphatic carbocycles. The molecule has 0 aromatic carbocycles. The van der Waals surface area contributed by atoms with E-state index in [1.165, 1.54) is 6.42 Å². The molecule has 1 amide bonds. The number of nitrogens with zero attached hydrogens (tertiary/aromatic N) is 2. The maximum Gasteiger partial charge on any atom is 0.255 e. The van der Waals surface area contributed by atoms with Gasteiger partial charge in [-0.2, -0.15) is 0 Å². The Bertz CT molecular complexity index is 473. The van der Waals surface area contributed by atoms with Crippen molar-refractivity contribution in [3.8, 4) is 0 Å². The molecule has 4 nitrogen and oxygen atoms in total. The summed E-state index contributed by atoms with van der Waals surface area (Å²) in [4.78, 5) is 19.2. The number of carbonyl (C=O) groups is 1. The first-order valence-electron chi connectivity index (χ1n) is 7.53. The SMILES string of the molecule is CNCCC1CCCCN1C(=O)c1ccc(C)nc1C. The van der Waals surface area contributed by atoms with Crippen LogP contribution in [-0.4, -0.2) is 42.0 Å². The highest BCUT2D eigenvalue weighted by molar-refractivity contribution is 5.95. The molecule has 1 fully saturated rings. The number of aryl methyl sites for hydroxylation is 2. The number of aromatic nitrogens is 1. The van der Waals surface area contributed by atoms with Gasteiger partial charge >= 0.3 is 0 Å². The number of nitrogens with one attached hydrogen (secondary N) is 1. The van der Waals surface area contributed by atoms with Gasteiger partial charge in [-0.3, -0.25) is 9.78 Å². The van der Waals surface area contributed by atoms with Crippen LogP contribution in [0.5, 0.6) is 0 Å². The summed E-state index contributed by atoms with van der Waals surface area (Å²) < 4.78 is 0. The Kier molecular flexibility index (Phi) is 5.12. The largest absolute Gasteiger partial charge is 0.336 e.